The Hall–Kier alpha value is -1.45. The lowest BCUT2D eigenvalue weighted by Gasteiger charge is -2.32. The Morgan fingerprint density at radius 1 is 1.22 bits per heavy atom. The monoisotopic (exact) mass is 250 g/mol. The molecule has 1 heterocycles. The molecule has 3 atom stereocenters. The van der Waals surface area contributed by atoms with Crippen molar-refractivity contribution in [1.29, 1.82) is 0 Å². The summed E-state index contributed by atoms with van der Waals surface area (Å²) >= 11 is 0. The van der Waals surface area contributed by atoms with E-state index in [0.29, 0.717) is 23.4 Å². The van der Waals surface area contributed by atoms with Crippen molar-refractivity contribution >= 4 is 5.69 Å². The topological polar surface area (TPSA) is 57.4 Å². The molecule has 0 spiro atoms. The van der Waals surface area contributed by atoms with Crippen LogP contribution >= 0.6 is 0 Å². The second kappa shape index (κ2) is 5.46. The molecule has 0 amide bonds. The second-order valence-corrected chi connectivity index (χ2v) is 5.26. The van der Waals surface area contributed by atoms with E-state index in [2.05, 4.69) is 18.8 Å². The summed E-state index contributed by atoms with van der Waals surface area (Å²) < 4.78 is 11.0. The Balaban J connectivity index is 2.05. The van der Waals surface area contributed by atoms with Gasteiger partial charge in [-0.3, -0.25) is 0 Å². The van der Waals surface area contributed by atoms with E-state index in [1.54, 1.807) is 19.2 Å². The maximum absolute atomic E-state index is 5.93. The second-order valence-electron chi connectivity index (χ2n) is 5.26. The molecule has 0 saturated heterocycles. The van der Waals surface area contributed by atoms with Crippen LogP contribution in [0.4, 0.5) is 5.69 Å². The molecule has 3 unspecified atom stereocenters. The zero-order valence-corrected chi connectivity index (χ0v) is 11.3. The van der Waals surface area contributed by atoms with Crippen LogP contribution in [0, 0.1) is 11.8 Å². The van der Waals surface area contributed by atoms with Gasteiger partial charge in [-0.25, -0.2) is 0 Å². The Kier molecular flexibility index (Phi) is 3.94. The lowest BCUT2D eigenvalue weighted by atomic mass is 9.80. The third kappa shape index (κ3) is 2.86. The first-order chi connectivity index (χ1) is 8.60. The van der Waals surface area contributed by atoms with Gasteiger partial charge in [-0.1, -0.05) is 13.8 Å². The first-order valence-corrected chi connectivity index (χ1v) is 6.57. The van der Waals surface area contributed by atoms with E-state index in [1.165, 1.54) is 6.42 Å². The SMILES string of the molecule is COc1ccc(N)c(OC2CCC(C)C(C)C2)n1. The molecule has 2 rings (SSSR count). The summed E-state index contributed by atoms with van der Waals surface area (Å²) in [5, 5.41) is 0. The number of nitrogens with zero attached hydrogens (tertiary/aromatic N) is 1. The van der Waals surface area contributed by atoms with Crippen molar-refractivity contribution in [3.05, 3.63) is 12.1 Å². The van der Waals surface area contributed by atoms with Crippen molar-refractivity contribution in [3.8, 4) is 11.8 Å². The number of nitrogens with two attached hydrogens (primary N) is 1. The van der Waals surface area contributed by atoms with Gasteiger partial charge in [0, 0.05) is 6.07 Å². The van der Waals surface area contributed by atoms with Gasteiger partial charge in [-0.15, -0.1) is 0 Å². The maximum atomic E-state index is 5.93. The molecule has 0 bridgehead atoms. The van der Waals surface area contributed by atoms with Crippen molar-refractivity contribution in [3.63, 3.8) is 0 Å². The lowest BCUT2D eigenvalue weighted by molar-refractivity contribution is 0.0966. The number of nitrogen functional groups attached to an aromatic ring is 1. The summed E-state index contributed by atoms with van der Waals surface area (Å²) in [6.07, 6.45) is 3.57. The molecule has 0 radical (unpaired) electrons. The highest BCUT2D eigenvalue weighted by Crippen LogP contribution is 2.33. The molecule has 0 aliphatic heterocycles. The van der Waals surface area contributed by atoms with E-state index in [4.69, 9.17) is 15.2 Å². The quantitative estimate of drug-likeness (QED) is 0.896. The van der Waals surface area contributed by atoms with E-state index in [-0.39, 0.29) is 6.10 Å². The van der Waals surface area contributed by atoms with Crippen molar-refractivity contribution in [2.75, 3.05) is 12.8 Å². The van der Waals surface area contributed by atoms with Crippen LogP contribution in [-0.2, 0) is 0 Å². The fourth-order valence-corrected chi connectivity index (χ4v) is 2.41. The molecule has 2 N–H and O–H groups in total. The predicted octanol–water partition coefficient (Wildman–Crippen LogP) is 2.88. The average Bonchev–Trinajstić information content (AvgIpc) is 2.36. The molecular weight excluding hydrogens is 228 g/mol. The highest BCUT2D eigenvalue weighted by atomic mass is 16.5. The number of aromatic nitrogens is 1. The van der Waals surface area contributed by atoms with Gasteiger partial charge in [0.05, 0.1) is 12.8 Å². The number of rotatable bonds is 3. The number of ether oxygens (including phenoxy) is 2. The number of anilines is 1. The molecule has 4 nitrogen and oxygen atoms in total. The third-order valence-electron chi connectivity index (χ3n) is 3.90. The van der Waals surface area contributed by atoms with Crippen molar-refractivity contribution in [2.24, 2.45) is 11.8 Å². The van der Waals surface area contributed by atoms with E-state index in [0.717, 1.165) is 18.8 Å². The summed E-state index contributed by atoms with van der Waals surface area (Å²) in [6.45, 7) is 4.58. The van der Waals surface area contributed by atoms with E-state index < -0.39 is 0 Å². The molecule has 100 valence electrons. The Bertz CT molecular complexity index is 409. The van der Waals surface area contributed by atoms with Crippen LogP contribution in [-0.4, -0.2) is 18.2 Å². The summed E-state index contributed by atoms with van der Waals surface area (Å²) in [6, 6.07) is 3.52. The normalized spacial score (nSPS) is 27.8. The third-order valence-corrected chi connectivity index (χ3v) is 3.90. The number of pyridine rings is 1. The first kappa shape index (κ1) is 13.0. The van der Waals surface area contributed by atoms with Crippen molar-refractivity contribution < 1.29 is 9.47 Å². The van der Waals surface area contributed by atoms with Crippen LogP contribution in [0.15, 0.2) is 12.1 Å². The molecular formula is C14H22N2O2. The highest BCUT2D eigenvalue weighted by Gasteiger charge is 2.26. The number of methoxy groups -OCH3 is 1. The lowest BCUT2D eigenvalue weighted by Crippen LogP contribution is -2.29. The zero-order chi connectivity index (χ0) is 13.1. The fourth-order valence-electron chi connectivity index (χ4n) is 2.41. The summed E-state index contributed by atoms with van der Waals surface area (Å²) in [7, 11) is 1.59. The summed E-state index contributed by atoms with van der Waals surface area (Å²) in [5.74, 6) is 2.51. The van der Waals surface area contributed by atoms with E-state index in [1.807, 2.05) is 0 Å². The molecule has 1 fully saturated rings. The molecule has 1 aromatic rings. The van der Waals surface area contributed by atoms with Crippen LogP contribution in [0.25, 0.3) is 0 Å². The van der Waals surface area contributed by atoms with Crippen molar-refractivity contribution in [1.82, 2.24) is 4.98 Å². The van der Waals surface area contributed by atoms with Crippen LogP contribution < -0.4 is 15.2 Å². The minimum atomic E-state index is 0.220. The van der Waals surface area contributed by atoms with Gasteiger partial charge < -0.3 is 15.2 Å². The van der Waals surface area contributed by atoms with Crippen LogP contribution in [0.5, 0.6) is 11.8 Å². The molecule has 1 saturated carbocycles. The maximum Gasteiger partial charge on any atom is 0.240 e. The van der Waals surface area contributed by atoms with Gasteiger partial charge in [0.25, 0.3) is 0 Å². The van der Waals surface area contributed by atoms with Gasteiger partial charge in [0.15, 0.2) is 0 Å². The van der Waals surface area contributed by atoms with Gasteiger partial charge >= 0.3 is 0 Å². The summed E-state index contributed by atoms with van der Waals surface area (Å²) in [5.41, 5.74) is 6.45. The van der Waals surface area contributed by atoms with Crippen LogP contribution in [0.2, 0.25) is 0 Å². The Morgan fingerprint density at radius 2 is 2.00 bits per heavy atom. The molecule has 1 aromatic heterocycles. The predicted molar refractivity (Wildman–Crippen MR) is 71.8 cm³/mol. The zero-order valence-electron chi connectivity index (χ0n) is 11.3. The number of hydrogen-bond acceptors (Lipinski definition) is 4. The van der Waals surface area contributed by atoms with E-state index >= 15 is 0 Å². The molecule has 1 aliphatic carbocycles. The first-order valence-electron chi connectivity index (χ1n) is 6.57. The Labute approximate surface area is 108 Å². The Morgan fingerprint density at radius 3 is 2.67 bits per heavy atom. The van der Waals surface area contributed by atoms with Crippen LogP contribution in [0.3, 0.4) is 0 Å². The fraction of sp³-hybridized carbons (Fsp3) is 0.643. The molecule has 1 aliphatic rings. The highest BCUT2D eigenvalue weighted by molar-refractivity contribution is 5.49. The van der Waals surface area contributed by atoms with E-state index in [9.17, 15) is 0 Å². The molecule has 18 heavy (non-hydrogen) atoms. The summed E-state index contributed by atoms with van der Waals surface area (Å²) in [4.78, 5) is 4.26. The minimum Gasteiger partial charge on any atom is -0.481 e. The molecule has 4 heteroatoms. The van der Waals surface area contributed by atoms with Gasteiger partial charge in [0.1, 0.15) is 6.10 Å². The standard InChI is InChI=1S/C14H22N2O2/c1-9-4-5-11(8-10(9)2)18-14-12(15)6-7-13(16-14)17-3/h6-7,9-11H,4-5,8,15H2,1-3H3. The molecule has 0 aromatic carbocycles. The van der Waals surface area contributed by atoms with Gasteiger partial charge in [-0.2, -0.15) is 4.98 Å². The average molecular weight is 250 g/mol. The smallest absolute Gasteiger partial charge is 0.240 e. The van der Waals surface area contributed by atoms with Gasteiger partial charge in [0.2, 0.25) is 11.8 Å². The van der Waals surface area contributed by atoms with Gasteiger partial charge in [-0.05, 0) is 37.2 Å². The van der Waals surface area contributed by atoms with Crippen molar-refractivity contribution in [2.45, 2.75) is 39.2 Å². The number of hydrogen-bond donors (Lipinski definition) is 1. The minimum absolute atomic E-state index is 0.220. The van der Waals surface area contributed by atoms with Crippen LogP contribution in [0.1, 0.15) is 33.1 Å². The largest absolute Gasteiger partial charge is 0.481 e.